The second kappa shape index (κ2) is 27.5. The van der Waals surface area contributed by atoms with Crippen LogP contribution < -0.4 is 42.5 Å². The van der Waals surface area contributed by atoms with Crippen LogP contribution in [0.4, 0.5) is 0 Å². The van der Waals surface area contributed by atoms with E-state index in [0.717, 1.165) is 21.6 Å². The van der Waals surface area contributed by atoms with Crippen LogP contribution in [-0.2, 0) is 47.9 Å². The van der Waals surface area contributed by atoms with Gasteiger partial charge in [-0.25, -0.2) is 9.59 Å². The summed E-state index contributed by atoms with van der Waals surface area (Å²) < 4.78 is 0. The van der Waals surface area contributed by atoms with Crippen molar-refractivity contribution in [2.75, 3.05) is 11.5 Å². The van der Waals surface area contributed by atoms with Crippen LogP contribution in [0.15, 0.2) is 0 Å². The maximum Gasteiger partial charge on any atom is 0.327 e. The Morgan fingerprint density at radius 1 is 0.339 bits per heavy atom. The molecule has 62 heavy (non-hydrogen) atoms. The van der Waals surface area contributed by atoms with E-state index < -0.39 is 131 Å². The minimum Gasteiger partial charge on any atom is -0.480 e. The molecule has 0 heterocycles. The highest BCUT2D eigenvalue weighted by atomic mass is 33.1. The first-order valence-electron chi connectivity index (χ1n) is 20.6. The largest absolute Gasteiger partial charge is 0.480 e. The first-order valence-corrected chi connectivity index (χ1v) is 23.1. The summed E-state index contributed by atoms with van der Waals surface area (Å²) in [4.78, 5) is 128. The zero-order valence-electron chi connectivity index (χ0n) is 38.3. The Labute approximate surface area is 372 Å². The Hall–Kier alpha value is -4.60. The number of hydrogen-bond donors (Lipinski definition) is 10. The summed E-state index contributed by atoms with van der Waals surface area (Å²) in [6.07, 6.45) is 0. The topological polar surface area (TPSA) is 307 Å². The fraction of sp³-hybridized carbons (Fsp3) is 0.750. The molecule has 354 valence electrons. The standard InChI is InChI=1S/C40H70N8O12S2/c1-17(2)27(41-23(13)49)35(53)47-31(21(9)10)37(55)45-29(19(5)6)33(51)43-25(39(57)58)15-61-62-16-26(40(59)60)44-34(52)30(20(7)8)46-38(56)32(22(11)12)48-36(54)28(18(3)4)42-24(14)50/h17-22,25-32H,15-16H2,1-14H3,(H,41,49)(H,42,50)(H,43,51)(H,44,52)(H,45,55)(H,46,56)(H,47,53)(H,48,54)(H,57,58)(H,59,60)/t25-,26-,27-,28-,29-,30-,31-,32-/m0/s1. The molecule has 0 aliphatic rings. The number of aliphatic carboxylic acids is 2. The molecule has 0 aromatic rings. The maximum atomic E-state index is 13.4. The van der Waals surface area contributed by atoms with Crippen LogP contribution >= 0.6 is 21.6 Å². The minimum atomic E-state index is -1.48. The Bertz CT molecular complexity index is 1480. The number of carbonyl (C=O) groups is 10. The van der Waals surface area contributed by atoms with Crippen molar-refractivity contribution >= 4 is 80.8 Å². The molecule has 22 heteroatoms. The molecular formula is C40H70N8O12S2. The van der Waals surface area contributed by atoms with Gasteiger partial charge in [0.15, 0.2) is 0 Å². The first-order chi connectivity index (χ1) is 28.5. The maximum absolute atomic E-state index is 13.4. The normalized spacial score (nSPS) is 15.4. The SMILES string of the molecule is CC(=O)N[C@H](C(=O)N[C@H](C(=O)N[C@H](C(=O)N[C@@H](CSSC[C@H](NC(=O)[C@@H](NC(=O)[C@@H](NC(=O)[C@@H](NC(C)=O)C(C)C)C(C)C)C(C)C)C(=O)O)C(=O)O)C(C)C)C(C)C)C(C)C. The smallest absolute Gasteiger partial charge is 0.327 e. The zero-order chi connectivity index (χ0) is 48.3. The number of carboxylic acids is 2. The van der Waals surface area contributed by atoms with Gasteiger partial charge in [0, 0.05) is 25.4 Å². The van der Waals surface area contributed by atoms with Crippen molar-refractivity contribution in [2.45, 2.75) is 145 Å². The minimum absolute atomic E-state index is 0.248. The molecule has 0 spiro atoms. The van der Waals surface area contributed by atoms with Crippen LogP contribution in [0.3, 0.4) is 0 Å². The third-order valence-corrected chi connectivity index (χ3v) is 11.8. The zero-order valence-corrected chi connectivity index (χ0v) is 39.9. The lowest BCUT2D eigenvalue weighted by atomic mass is 9.98. The molecule has 8 amide bonds. The first kappa shape index (κ1) is 57.4. The highest BCUT2D eigenvalue weighted by Gasteiger charge is 2.36. The molecule has 0 aromatic carbocycles. The number of rotatable bonds is 27. The highest BCUT2D eigenvalue weighted by molar-refractivity contribution is 8.76. The van der Waals surface area contributed by atoms with E-state index in [2.05, 4.69) is 42.5 Å². The number of carboxylic acid groups (broad SMARTS) is 2. The Balaban J connectivity index is 5.74. The molecule has 0 aliphatic heterocycles. The van der Waals surface area contributed by atoms with Crippen molar-refractivity contribution in [2.24, 2.45) is 35.5 Å². The molecule has 0 fully saturated rings. The summed E-state index contributed by atoms with van der Waals surface area (Å²) in [6.45, 7) is 22.7. The van der Waals surface area contributed by atoms with Crippen LogP contribution in [0.2, 0.25) is 0 Å². The van der Waals surface area contributed by atoms with Crippen molar-refractivity contribution in [1.82, 2.24) is 42.5 Å². The second-order valence-electron chi connectivity index (χ2n) is 17.1. The quantitative estimate of drug-likeness (QED) is 0.0394. The predicted molar refractivity (Wildman–Crippen MR) is 236 cm³/mol. The molecule has 0 saturated heterocycles. The molecule has 0 unspecified atom stereocenters. The lowest BCUT2D eigenvalue weighted by molar-refractivity contribution is -0.142. The van der Waals surface area contributed by atoms with E-state index in [1.54, 1.807) is 83.1 Å². The van der Waals surface area contributed by atoms with Crippen LogP contribution in [0, 0.1) is 35.5 Å². The second-order valence-corrected chi connectivity index (χ2v) is 19.7. The fourth-order valence-corrected chi connectivity index (χ4v) is 8.03. The summed E-state index contributed by atoms with van der Waals surface area (Å²) in [5.41, 5.74) is 0. The van der Waals surface area contributed by atoms with Gasteiger partial charge in [0.25, 0.3) is 0 Å². The van der Waals surface area contributed by atoms with Gasteiger partial charge in [0.05, 0.1) is 0 Å². The average Bonchev–Trinajstić information content (AvgIpc) is 3.13. The van der Waals surface area contributed by atoms with Gasteiger partial charge in [0.1, 0.15) is 48.3 Å². The summed E-state index contributed by atoms with van der Waals surface area (Å²) in [7, 11) is 1.83. The molecule has 20 nitrogen and oxygen atoms in total. The summed E-state index contributed by atoms with van der Waals surface area (Å²) in [6, 6.07) is -9.45. The van der Waals surface area contributed by atoms with Gasteiger partial charge in [0.2, 0.25) is 47.3 Å². The van der Waals surface area contributed by atoms with E-state index in [0.29, 0.717) is 0 Å². The third-order valence-electron chi connectivity index (χ3n) is 9.39. The Kier molecular flexibility index (Phi) is 25.4. The van der Waals surface area contributed by atoms with Gasteiger partial charge < -0.3 is 52.7 Å². The van der Waals surface area contributed by atoms with E-state index in [1.807, 2.05) is 0 Å². The van der Waals surface area contributed by atoms with Gasteiger partial charge >= 0.3 is 11.9 Å². The third kappa shape index (κ3) is 20.1. The fourth-order valence-electron chi connectivity index (χ4n) is 5.72. The van der Waals surface area contributed by atoms with Gasteiger partial charge in [-0.3, -0.25) is 38.4 Å². The number of nitrogens with one attached hydrogen (secondary N) is 8. The van der Waals surface area contributed by atoms with Crippen molar-refractivity contribution in [3.05, 3.63) is 0 Å². The van der Waals surface area contributed by atoms with E-state index in [-0.39, 0.29) is 23.3 Å². The summed E-state index contributed by atoms with van der Waals surface area (Å²) in [5.74, 6) is -10.9. The van der Waals surface area contributed by atoms with E-state index in [9.17, 15) is 58.2 Å². The highest BCUT2D eigenvalue weighted by Crippen LogP contribution is 2.24. The van der Waals surface area contributed by atoms with Crippen molar-refractivity contribution in [1.29, 1.82) is 0 Å². The van der Waals surface area contributed by atoms with Gasteiger partial charge in [-0.05, 0) is 35.5 Å². The monoisotopic (exact) mass is 918 g/mol. The lowest BCUT2D eigenvalue weighted by Crippen LogP contribution is -2.60. The Morgan fingerprint density at radius 2 is 0.516 bits per heavy atom. The molecule has 0 aromatic heterocycles. The van der Waals surface area contributed by atoms with Crippen molar-refractivity contribution in [3.63, 3.8) is 0 Å². The van der Waals surface area contributed by atoms with Crippen molar-refractivity contribution in [3.8, 4) is 0 Å². The molecule has 0 radical (unpaired) electrons. The molecule has 0 bridgehead atoms. The van der Waals surface area contributed by atoms with Crippen LogP contribution in [0.1, 0.15) is 96.9 Å². The van der Waals surface area contributed by atoms with Gasteiger partial charge in [-0.15, -0.1) is 0 Å². The molecule has 0 saturated carbocycles. The van der Waals surface area contributed by atoms with E-state index >= 15 is 0 Å². The molecule has 0 aliphatic carbocycles. The molecule has 8 atom stereocenters. The molecular weight excluding hydrogens is 849 g/mol. The summed E-state index contributed by atoms with van der Waals surface area (Å²) in [5, 5.41) is 40.3. The number of hydrogen-bond acceptors (Lipinski definition) is 12. The van der Waals surface area contributed by atoms with Crippen LogP contribution in [0.5, 0.6) is 0 Å². The van der Waals surface area contributed by atoms with Crippen LogP contribution in [0.25, 0.3) is 0 Å². The van der Waals surface area contributed by atoms with Crippen molar-refractivity contribution < 1.29 is 58.2 Å². The van der Waals surface area contributed by atoms with Crippen LogP contribution in [-0.4, -0.2) is 129 Å². The van der Waals surface area contributed by atoms with E-state index in [1.165, 1.54) is 13.8 Å². The molecule has 0 rings (SSSR count). The lowest BCUT2D eigenvalue weighted by Gasteiger charge is -2.29. The Morgan fingerprint density at radius 3 is 0.677 bits per heavy atom. The van der Waals surface area contributed by atoms with Gasteiger partial charge in [-0.2, -0.15) is 0 Å². The number of amides is 8. The summed E-state index contributed by atoms with van der Waals surface area (Å²) >= 11 is 0. The average molecular weight is 919 g/mol. The predicted octanol–water partition coefficient (Wildman–Crippen LogP) is 0.391. The van der Waals surface area contributed by atoms with E-state index in [4.69, 9.17) is 0 Å². The van der Waals surface area contributed by atoms with Gasteiger partial charge in [-0.1, -0.05) is 105 Å². The molecule has 10 N–H and O–H groups in total. The number of carbonyl (C=O) groups excluding carboxylic acids is 8.